The Morgan fingerprint density at radius 3 is 2.51 bits per heavy atom. The minimum absolute atomic E-state index is 0.00182. The van der Waals surface area contributed by atoms with E-state index < -0.39 is 21.5 Å². The van der Waals surface area contributed by atoms with Crippen molar-refractivity contribution in [1.29, 1.82) is 0 Å². The van der Waals surface area contributed by atoms with Gasteiger partial charge in [0.05, 0.1) is 22.7 Å². The van der Waals surface area contributed by atoms with Crippen LogP contribution in [0.2, 0.25) is 0 Å². The molecule has 0 radical (unpaired) electrons. The molecule has 1 amide bonds. The fourth-order valence-electron chi connectivity index (χ4n) is 5.59. The first kappa shape index (κ1) is 28.5. The highest BCUT2D eigenvalue weighted by molar-refractivity contribution is 7.92. The lowest BCUT2D eigenvalue weighted by Crippen LogP contribution is -2.40. The molecule has 0 bridgehead atoms. The lowest BCUT2D eigenvalue weighted by molar-refractivity contribution is -0.131. The Kier molecular flexibility index (Phi) is 7.74. The number of aryl methyl sites for hydroxylation is 1. The molecular weight excluding hydrogens is 544 g/mol. The third kappa shape index (κ3) is 5.38. The molecule has 1 aliphatic heterocycles. The SMILES string of the molecule is CCCCC1=NC2(CCCC2)C(=O)N1Cc1ccc(-c2ccccc2S(=O)(=O)Nc2onc(C)c2C)c(C(=O)O)c1. The third-order valence-electron chi connectivity index (χ3n) is 7.99. The van der Waals surface area contributed by atoms with Gasteiger partial charge >= 0.3 is 5.97 Å². The van der Waals surface area contributed by atoms with E-state index in [2.05, 4.69) is 16.8 Å². The molecule has 2 aliphatic rings. The van der Waals surface area contributed by atoms with E-state index in [4.69, 9.17) is 9.52 Å². The highest BCUT2D eigenvalue weighted by Crippen LogP contribution is 2.40. The molecule has 0 atom stereocenters. The van der Waals surface area contributed by atoms with Crippen molar-refractivity contribution in [2.45, 2.75) is 82.7 Å². The van der Waals surface area contributed by atoms with E-state index in [9.17, 15) is 23.1 Å². The van der Waals surface area contributed by atoms with Gasteiger partial charge in [-0.3, -0.25) is 14.7 Å². The van der Waals surface area contributed by atoms with Crippen LogP contribution >= 0.6 is 0 Å². The van der Waals surface area contributed by atoms with Gasteiger partial charge < -0.3 is 9.63 Å². The Morgan fingerprint density at radius 1 is 1.12 bits per heavy atom. The fraction of sp³-hybridized carbons (Fsp3) is 0.400. The summed E-state index contributed by atoms with van der Waals surface area (Å²) >= 11 is 0. The second-order valence-electron chi connectivity index (χ2n) is 10.8. The Morgan fingerprint density at radius 2 is 1.85 bits per heavy atom. The number of anilines is 1. The third-order valence-corrected chi connectivity index (χ3v) is 9.38. The van der Waals surface area contributed by atoms with Crippen molar-refractivity contribution < 1.29 is 27.6 Å². The number of aromatic nitrogens is 1. The van der Waals surface area contributed by atoms with Crippen LogP contribution in [0.4, 0.5) is 5.88 Å². The molecule has 1 fully saturated rings. The molecule has 10 nitrogen and oxygen atoms in total. The highest BCUT2D eigenvalue weighted by Gasteiger charge is 2.49. The van der Waals surface area contributed by atoms with Crippen LogP contribution in [0, 0.1) is 13.8 Å². The minimum atomic E-state index is -4.15. The van der Waals surface area contributed by atoms with E-state index in [0.29, 0.717) is 23.2 Å². The molecule has 2 heterocycles. The van der Waals surface area contributed by atoms with Crippen LogP contribution in [-0.2, 0) is 21.4 Å². The van der Waals surface area contributed by atoms with Crippen molar-refractivity contribution in [3.63, 3.8) is 0 Å². The second-order valence-corrected chi connectivity index (χ2v) is 12.4. The van der Waals surface area contributed by atoms with Gasteiger partial charge in [-0.15, -0.1) is 0 Å². The minimum Gasteiger partial charge on any atom is -0.478 e. The van der Waals surface area contributed by atoms with Crippen LogP contribution in [0.5, 0.6) is 0 Å². The number of nitrogens with zero attached hydrogens (tertiary/aromatic N) is 3. The number of unbranched alkanes of at least 4 members (excludes halogenated alkanes) is 1. The average molecular weight is 579 g/mol. The lowest BCUT2D eigenvalue weighted by Gasteiger charge is -2.23. The van der Waals surface area contributed by atoms with Gasteiger partial charge in [0.1, 0.15) is 11.4 Å². The number of carbonyl (C=O) groups is 2. The fourth-order valence-corrected chi connectivity index (χ4v) is 6.86. The molecule has 11 heteroatoms. The summed E-state index contributed by atoms with van der Waals surface area (Å²) in [5.74, 6) is -0.451. The van der Waals surface area contributed by atoms with Crippen LogP contribution < -0.4 is 4.72 Å². The molecule has 5 rings (SSSR count). The van der Waals surface area contributed by atoms with Gasteiger partial charge in [-0.2, -0.15) is 0 Å². The Hall–Kier alpha value is -3.99. The standard InChI is InChI=1S/C30H34N4O6S/c1-4-5-12-26-31-30(15-8-9-16-30)29(37)34(26)18-21-13-14-22(24(17-21)28(35)36)23-10-6-7-11-25(23)41(38,39)33-27-19(2)20(3)32-40-27/h6-7,10-11,13-14,17,33H,4-5,8-9,12,15-16,18H2,1-3H3,(H,35,36). The summed E-state index contributed by atoms with van der Waals surface area (Å²) in [6.07, 6.45) is 5.98. The quantitative estimate of drug-likeness (QED) is 0.314. The second kappa shape index (κ2) is 11.1. The van der Waals surface area contributed by atoms with Gasteiger partial charge in [-0.1, -0.05) is 61.7 Å². The summed E-state index contributed by atoms with van der Waals surface area (Å²) in [5, 5.41) is 14.0. The molecule has 2 aromatic carbocycles. The molecular formula is C30H34N4O6S. The van der Waals surface area contributed by atoms with Gasteiger partial charge in [0.2, 0.25) is 5.88 Å². The average Bonchev–Trinajstić information content (AvgIpc) is 3.63. The van der Waals surface area contributed by atoms with E-state index in [1.165, 1.54) is 12.1 Å². The van der Waals surface area contributed by atoms with Gasteiger partial charge in [0.25, 0.3) is 15.9 Å². The van der Waals surface area contributed by atoms with Gasteiger partial charge in [0, 0.05) is 17.5 Å². The predicted octanol–water partition coefficient (Wildman–Crippen LogP) is 5.70. The summed E-state index contributed by atoms with van der Waals surface area (Å²) < 4.78 is 34.4. The number of amidine groups is 1. The Bertz CT molecular complexity index is 1640. The maximum Gasteiger partial charge on any atom is 0.336 e. The largest absolute Gasteiger partial charge is 0.478 e. The van der Waals surface area contributed by atoms with Crippen LogP contribution in [0.1, 0.15) is 79.0 Å². The number of carboxylic acids is 1. The molecule has 41 heavy (non-hydrogen) atoms. The molecule has 2 N–H and O–H groups in total. The van der Waals surface area contributed by atoms with Crippen molar-refractivity contribution >= 4 is 33.6 Å². The van der Waals surface area contributed by atoms with Crippen molar-refractivity contribution in [2.75, 3.05) is 4.72 Å². The number of nitrogens with one attached hydrogen (secondary N) is 1. The van der Waals surface area contributed by atoms with E-state index >= 15 is 0 Å². The number of benzene rings is 2. The Labute approximate surface area is 239 Å². The number of hydrogen-bond donors (Lipinski definition) is 2. The summed E-state index contributed by atoms with van der Waals surface area (Å²) in [6.45, 7) is 5.68. The topological polar surface area (TPSA) is 142 Å². The number of carboxylic acid groups (broad SMARTS) is 1. The number of sulfonamides is 1. The maximum absolute atomic E-state index is 13.6. The lowest BCUT2D eigenvalue weighted by atomic mass is 9.96. The number of carbonyl (C=O) groups excluding carboxylic acids is 1. The van der Waals surface area contributed by atoms with Crippen LogP contribution in [-0.4, -0.2) is 46.8 Å². The molecule has 0 saturated heterocycles. The number of hydrogen-bond acceptors (Lipinski definition) is 7. The first-order valence-corrected chi connectivity index (χ1v) is 15.4. The molecule has 3 aromatic rings. The first-order chi connectivity index (χ1) is 19.6. The summed E-state index contributed by atoms with van der Waals surface area (Å²) in [4.78, 5) is 32.5. The van der Waals surface area contributed by atoms with Crippen molar-refractivity contribution in [3.05, 3.63) is 64.8 Å². The molecule has 1 saturated carbocycles. The zero-order chi connectivity index (χ0) is 29.4. The number of rotatable bonds is 10. The Balaban J connectivity index is 1.49. The summed E-state index contributed by atoms with van der Waals surface area (Å²) in [6, 6.07) is 11.1. The summed E-state index contributed by atoms with van der Waals surface area (Å²) in [5.41, 5.74) is 1.46. The van der Waals surface area contributed by atoms with E-state index in [1.54, 1.807) is 49.1 Å². The molecule has 1 aliphatic carbocycles. The van der Waals surface area contributed by atoms with E-state index in [-0.39, 0.29) is 39.9 Å². The van der Waals surface area contributed by atoms with Crippen LogP contribution in [0.25, 0.3) is 11.1 Å². The number of amides is 1. The number of aromatic carboxylic acids is 1. The predicted molar refractivity (Wildman–Crippen MR) is 154 cm³/mol. The van der Waals surface area contributed by atoms with Gasteiger partial charge in [0.15, 0.2) is 0 Å². The van der Waals surface area contributed by atoms with Gasteiger partial charge in [-0.25, -0.2) is 17.9 Å². The van der Waals surface area contributed by atoms with Crippen molar-refractivity contribution in [2.24, 2.45) is 4.99 Å². The van der Waals surface area contributed by atoms with Crippen LogP contribution in [0.3, 0.4) is 0 Å². The van der Waals surface area contributed by atoms with Crippen molar-refractivity contribution in [1.82, 2.24) is 10.1 Å². The molecule has 0 unspecified atom stereocenters. The highest BCUT2D eigenvalue weighted by atomic mass is 32.2. The monoisotopic (exact) mass is 578 g/mol. The van der Waals surface area contributed by atoms with Crippen molar-refractivity contribution in [3.8, 4) is 11.1 Å². The zero-order valence-electron chi connectivity index (χ0n) is 23.4. The van der Waals surface area contributed by atoms with Crippen LogP contribution in [0.15, 0.2) is 56.9 Å². The van der Waals surface area contributed by atoms with E-state index in [0.717, 1.165) is 44.4 Å². The zero-order valence-corrected chi connectivity index (χ0v) is 24.3. The molecule has 1 aromatic heterocycles. The number of aliphatic imine (C=N–C) groups is 1. The van der Waals surface area contributed by atoms with E-state index in [1.807, 2.05) is 0 Å². The smallest absolute Gasteiger partial charge is 0.336 e. The normalized spacial score (nSPS) is 16.4. The molecule has 1 spiro atoms. The maximum atomic E-state index is 13.6. The summed E-state index contributed by atoms with van der Waals surface area (Å²) in [7, 11) is -4.15. The molecule has 216 valence electrons. The first-order valence-electron chi connectivity index (χ1n) is 13.9. The van der Waals surface area contributed by atoms with Gasteiger partial charge in [-0.05, 0) is 56.4 Å².